The smallest absolute Gasteiger partial charge is 0.0949 e. The minimum Gasteiger partial charge on any atom is -0.392 e. The molecule has 0 atom stereocenters. The lowest BCUT2D eigenvalue weighted by Crippen LogP contribution is -1.89. The third-order valence-corrected chi connectivity index (χ3v) is 5.79. The molecule has 0 unspecified atom stereocenters. The number of aliphatic hydroxyl groups excluding tert-OH is 1. The largest absolute Gasteiger partial charge is 0.392 e. The zero-order chi connectivity index (χ0) is 19.4. The monoisotopic (exact) mass is 374 g/mol. The van der Waals surface area contributed by atoms with Crippen LogP contribution in [0.25, 0.3) is 54.6 Å². The zero-order valence-electron chi connectivity index (χ0n) is 15.7. The molecule has 3 heteroatoms. The lowest BCUT2D eigenvalue weighted by molar-refractivity contribution is 0.282. The van der Waals surface area contributed by atoms with E-state index in [2.05, 4.69) is 65.6 Å². The molecule has 6 aromatic rings. The Morgan fingerprint density at radius 1 is 0.724 bits per heavy atom. The van der Waals surface area contributed by atoms with Gasteiger partial charge in [0.05, 0.1) is 17.8 Å². The van der Waals surface area contributed by atoms with Crippen molar-refractivity contribution in [3.63, 3.8) is 0 Å². The second kappa shape index (κ2) is 6.16. The number of hydrogen-bond acceptors (Lipinski definition) is 2. The first-order valence-corrected chi connectivity index (χ1v) is 9.74. The van der Waals surface area contributed by atoms with Gasteiger partial charge < -0.3 is 10.1 Å². The van der Waals surface area contributed by atoms with E-state index in [1.807, 2.05) is 24.4 Å². The van der Waals surface area contributed by atoms with Gasteiger partial charge in [0.15, 0.2) is 0 Å². The minimum atomic E-state index is 0.0376. The van der Waals surface area contributed by atoms with Crippen LogP contribution in [0.1, 0.15) is 5.56 Å². The first-order chi connectivity index (χ1) is 14.3. The lowest BCUT2D eigenvalue weighted by Gasteiger charge is -2.11. The molecule has 2 N–H and O–H groups in total. The Kier molecular flexibility index (Phi) is 3.46. The fraction of sp³-hybridized carbons (Fsp3) is 0.0385. The van der Waals surface area contributed by atoms with E-state index >= 15 is 0 Å². The maximum absolute atomic E-state index is 9.54. The Morgan fingerprint density at radius 3 is 2.38 bits per heavy atom. The van der Waals surface area contributed by atoms with Crippen LogP contribution in [0.2, 0.25) is 0 Å². The number of pyridine rings is 1. The van der Waals surface area contributed by atoms with Gasteiger partial charge >= 0.3 is 0 Å². The highest BCUT2D eigenvalue weighted by Crippen LogP contribution is 2.38. The molecule has 29 heavy (non-hydrogen) atoms. The third kappa shape index (κ3) is 2.38. The summed E-state index contributed by atoms with van der Waals surface area (Å²) in [5.74, 6) is 0. The average molecular weight is 374 g/mol. The summed E-state index contributed by atoms with van der Waals surface area (Å²) < 4.78 is 0. The fourth-order valence-electron chi connectivity index (χ4n) is 4.42. The number of nitrogens with zero attached hydrogens (tertiary/aromatic N) is 1. The molecule has 0 bridgehead atoms. The van der Waals surface area contributed by atoms with Crippen molar-refractivity contribution in [2.75, 3.05) is 0 Å². The number of nitrogens with one attached hydrogen (secondary N) is 1. The van der Waals surface area contributed by atoms with Gasteiger partial charge in [-0.25, -0.2) is 0 Å². The van der Waals surface area contributed by atoms with Gasteiger partial charge in [0.25, 0.3) is 0 Å². The predicted molar refractivity (Wildman–Crippen MR) is 120 cm³/mol. The van der Waals surface area contributed by atoms with Crippen LogP contribution in [-0.4, -0.2) is 15.1 Å². The van der Waals surface area contributed by atoms with Crippen molar-refractivity contribution in [3.05, 3.63) is 90.6 Å². The number of aromatic amines is 1. The number of aliphatic hydroxyl groups is 1. The molecule has 0 spiro atoms. The summed E-state index contributed by atoms with van der Waals surface area (Å²) in [5.41, 5.74) is 5.06. The standard InChI is InChI=1S/C26H18N2O/c29-15-16-9-10-24-22(13-16)21-11-12-27-25(26(21)28-24)23-14-17-5-1-2-6-18(17)19-7-3-4-8-20(19)23/h1-14,28-29H,15H2. The average Bonchev–Trinajstić information content (AvgIpc) is 3.16. The van der Waals surface area contributed by atoms with Crippen LogP contribution in [0.15, 0.2) is 85.1 Å². The molecule has 0 aliphatic heterocycles. The van der Waals surface area contributed by atoms with E-state index in [1.165, 1.54) is 21.5 Å². The topological polar surface area (TPSA) is 48.9 Å². The summed E-state index contributed by atoms with van der Waals surface area (Å²) in [6, 6.07) is 27.3. The second-order valence-electron chi connectivity index (χ2n) is 7.44. The molecule has 138 valence electrons. The number of rotatable bonds is 2. The third-order valence-electron chi connectivity index (χ3n) is 5.79. The van der Waals surface area contributed by atoms with E-state index in [1.54, 1.807) is 0 Å². The second-order valence-corrected chi connectivity index (χ2v) is 7.44. The number of H-pyrrole nitrogens is 1. The predicted octanol–water partition coefficient (Wildman–Crippen LogP) is 6.18. The zero-order valence-corrected chi connectivity index (χ0v) is 15.7. The molecule has 6 rings (SSSR count). The van der Waals surface area contributed by atoms with Crippen molar-refractivity contribution in [3.8, 4) is 11.3 Å². The van der Waals surface area contributed by atoms with Crippen LogP contribution in [0, 0.1) is 0 Å². The summed E-state index contributed by atoms with van der Waals surface area (Å²) in [4.78, 5) is 8.36. The van der Waals surface area contributed by atoms with E-state index in [0.717, 1.165) is 38.6 Å². The van der Waals surface area contributed by atoms with Gasteiger partial charge in [-0.15, -0.1) is 0 Å². The molecular weight excluding hydrogens is 356 g/mol. The van der Waals surface area contributed by atoms with Crippen LogP contribution in [0.4, 0.5) is 0 Å². The van der Waals surface area contributed by atoms with E-state index < -0.39 is 0 Å². The van der Waals surface area contributed by atoms with Crippen LogP contribution < -0.4 is 0 Å². The number of fused-ring (bicyclic) bond motifs is 6. The lowest BCUT2D eigenvalue weighted by atomic mass is 9.95. The van der Waals surface area contributed by atoms with E-state index in [-0.39, 0.29) is 6.61 Å². The van der Waals surface area contributed by atoms with Gasteiger partial charge in [0, 0.05) is 28.0 Å². The molecule has 0 fully saturated rings. The Balaban J connectivity index is 1.75. The van der Waals surface area contributed by atoms with Crippen molar-refractivity contribution < 1.29 is 5.11 Å². The molecule has 0 saturated heterocycles. The Hall–Kier alpha value is -3.69. The summed E-state index contributed by atoms with van der Waals surface area (Å²) >= 11 is 0. The minimum absolute atomic E-state index is 0.0376. The van der Waals surface area contributed by atoms with Gasteiger partial charge in [0.1, 0.15) is 0 Å². The Bertz CT molecular complexity index is 1550. The van der Waals surface area contributed by atoms with Crippen LogP contribution in [0.5, 0.6) is 0 Å². The summed E-state index contributed by atoms with van der Waals surface area (Å²) in [7, 11) is 0. The quantitative estimate of drug-likeness (QED) is 0.355. The van der Waals surface area contributed by atoms with Crippen molar-refractivity contribution in [1.82, 2.24) is 9.97 Å². The number of hydrogen-bond donors (Lipinski definition) is 2. The first-order valence-electron chi connectivity index (χ1n) is 9.74. The van der Waals surface area contributed by atoms with E-state index in [4.69, 9.17) is 4.98 Å². The molecule has 0 aliphatic rings. The molecule has 2 aromatic heterocycles. The van der Waals surface area contributed by atoms with Crippen molar-refractivity contribution in [2.24, 2.45) is 0 Å². The summed E-state index contributed by atoms with van der Waals surface area (Å²) in [5, 5.41) is 16.7. The first kappa shape index (κ1) is 16.3. The van der Waals surface area contributed by atoms with Crippen LogP contribution in [0.3, 0.4) is 0 Å². The molecule has 0 aliphatic carbocycles. The molecule has 4 aromatic carbocycles. The SMILES string of the molecule is OCc1ccc2[nH]c3c(-c4cc5ccccc5c5ccccc45)nccc3c2c1. The van der Waals surface area contributed by atoms with Crippen molar-refractivity contribution in [2.45, 2.75) is 6.61 Å². The molecule has 0 radical (unpaired) electrons. The van der Waals surface area contributed by atoms with Gasteiger partial charge in [-0.05, 0) is 51.4 Å². The molecule has 2 heterocycles. The van der Waals surface area contributed by atoms with E-state index in [9.17, 15) is 5.11 Å². The maximum Gasteiger partial charge on any atom is 0.0949 e. The van der Waals surface area contributed by atoms with Gasteiger partial charge in [-0.2, -0.15) is 0 Å². The number of benzene rings is 4. The summed E-state index contributed by atoms with van der Waals surface area (Å²) in [6.07, 6.45) is 1.88. The van der Waals surface area contributed by atoms with Gasteiger partial charge in [-0.3, -0.25) is 4.98 Å². The summed E-state index contributed by atoms with van der Waals surface area (Å²) in [6.45, 7) is 0.0376. The van der Waals surface area contributed by atoms with Crippen molar-refractivity contribution in [1.29, 1.82) is 0 Å². The van der Waals surface area contributed by atoms with E-state index in [0.29, 0.717) is 0 Å². The van der Waals surface area contributed by atoms with Crippen molar-refractivity contribution >= 4 is 43.4 Å². The highest BCUT2D eigenvalue weighted by Gasteiger charge is 2.15. The van der Waals surface area contributed by atoms with Crippen LogP contribution >= 0.6 is 0 Å². The van der Waals surface area contributed by atoms with Gasteiger partial charge in [0.2, 0.25) is 0 Å². The molecule has 0 saturated carbocycles. The fourth-order valence-corrected chi connectivity index (χ4v) is 4.42. The highest BCUT2D eigenvalue weighted by atomic mass is 16.3. The number of aromatic nitrogens is 2. The highest BCUT2D eigenvalue weighted by molar-refractivity contribution is 6.17. The molecule has 0 amide bonds. The maximum atomic E-state index is 9.54. The normalized spacial score (nSPS) is 11.8. The molecular formula is C26H18N2O. The Morgan fingerprint density at radius 2 is 1.52 bits per heavy atom. The Labute approximate surface area is 167 Å². The molecule has 3 nitrogen and oxygen atoms in total. The van der Waals surface area contributed by atoms with Crippen LogP contribution in [-0.2, 0) is 6.61 Å². The van der Waals surface area contributed by atoms with Gasteiger partial charge in [-0.1, -0.05) is 54.6 Å².